The lowest BCUT2D eigenvalue weighted by atomic mass is 10.1. The number of aliphatic imine (C=N–C) groups is 1. The molecule has 0 aliphatic carbocycles. The summed E-state index contributed by atoms with van der Waals surface area (Å²) in [6.07, 6.45) is 0.745. The maximum atomic E-state index is 11.6. The fourth-order valence-corrected chi connectivity index (χ4v) is 1.15. The van der Waals surface area contributed by atoms with Crippen molar-refractivity contribution in [2.24, 2.45) is 4.99 Å². The Kier molecular flexibility index (Phi) is 3.93. The van der Waals surface area contributed by atoms with Gasteiger partial charge in [-0.15, -0.1) is 0 Å². The van der Waals surface area contributed by atoms with Gasteiger partial charge in [0.15, 0.2) is 0 Å². The molecule has 0 unspecified atom stereocenters. The molecule has 0 aromatic carbocycles. The zero-order valence-electron chi connectivity index (χ0n) is 9.92. The van der Waals surface area contributed by atoms with Gasteiger partial charge in [-0.3, -0.25) is 9.69 Å². The predicted molar refractivity (Wildman–Crippen MR) is 57.7 cm³/mol. The third-order valence-corrected chi connectivity index (χ3v) is 2.13. The number of esters is 2. The van der Waals surface area contributed by atoms with Crippen molar-refractivity contribution < 1.29 is 28.7 Å². The zero-order chi connectivity index (χ0) is 13.9. The first-order valence-electron chi connectivity index (χ1n) is 4.71. The second-order valence-electron chi connectivity index (χ2n) is 3.18. The average molecular weight is 254 g/mol. The Morgan fingerprint density at radius 1 is 1.22 bits per heavy atom. The van der Waals surface area contributed by atoms with Crippen LogP contribution in [0.5, 0.6) is 0 Å². The van der Waals surface area contributed by atoms with Crippen molar-refractivity contribution in [2.45, 2.75) is 0 Å². The number of carbonyl (C=O) groups excluding carboxylic acids is 4. The Labute approximate surface area is 102 Å². The number of urea groups is 1. The van der Waals surface area contributed by atoms with Gasteiger partial charge in [-0.05, 0) is 0 Å². The Morgan fingerprint density at radius 2 is 1.83 bits per heavy atom. The molecule has 0 atom stereocenters. The number of imide groups is 1. The molecule has 0 bridgehead atoms. The molecular weight excluding hydrogens is 244 g/mol. The van der Waals surface area contributed by atoms with Crippen LogP contribution in [0.2, 0.25) is 0 Å². The molecule has 0 aromatic heterocycles. The van der Waals surface area contributed by atoms with Crippen LogP contribution >= 0.6 is 0 Å². The first-order chi connectivity index (χ1) is 8.42. The second kappa shape index (κ2) is 5.21. The highest BCUT2D eigenvalue weighted by molar-refractivity contribution is 6.56. The van der Waals surface area contributed by atoms with Crippen molar-refractivity contribution in [1.29, 1.82) is 0 Å². The summed E-state index contributed by atoms with van der Waals surface area (Å²) in [5.41, 5.74) is -0.869. The summed E-state index contributed by atoms with van der Waals surface area (Å²) in [4.78, 5) is 49.5. The number of hydrogen-bond acceptors (Lipinski definition) is 6. The van der Waals surface area contributed by atoms with Gasteiger partial charge in [0.05, 0.1) is 19.8 Å². The highest BCUT2D eigenvalue weighted by Crippen LogP contribution is 2.12. The van der Waals surface area contributed by atoms with Crippen LogP contribution in [0, 0.1) is 0 Å². The number of nitrogens with zero attached hydrogens (tertiary/aromatic N) is 2. The highest BCUT2D eigenvalue weighted by Gasteiger charge is 2.35. The molecule has 1 heterocycles. The molecule has 0 saturated heterocycles. The van der Waals surface area contributed by atoms with E-state index in [1.807, 2.05) is 0 Å². The summed E-state index contributed by atoms with van der Waals surface area (Å²) < 4.78 is 8.75. The maximum absolute atomic E-state index is 11.6. The van der Waals surface area contributed by atoms with E-state index < -0.39 is 35.2 Å². The van der Waals surface area contributed by atoms with E-state index in [0.29, 0.717) is 4.90 Å². The van der Waals surface area contributed by atoms with Gasteiger partial charge in [0.1, 0.15) is 5.71 Å². The van der Waals surface area contributed by atoms with E-state index in [1.54, 1.807) is 0 Å². The number of amides is 3. The average Bonchev–Trinajstić information content (AvgIpc) is 2.62. The third kappa shape index (κ3) is 2.42. The van der Waals surface area contributed by atoms with Crippen LogP contribution in [0.4, 0.5) is 4.79 Å². The SMILES string of the molecule is COC(=O)/C=C(/C(=O)OC)C1=NC(=O)N(C)C1=O. The zero-order valence-corrected chi connectivity index (χ0v) is 9.92. The summed E-state index contributed by atoms with van der Waals surface area (Å²) in [5, 5.41) is 0. The Morgan fingerprint density at radius 3 is 2.22 bits per heavy atom. The molecule has 18 heavy (non-hydrogen) atoms. The number of rotatable bonds is 3. The molecule has 1 aliphatic rings. The van der Waals surface area contributed by atoms with Crippen molar-refractivity contribution in [1.82, 2.24) is 4.90 Å². The molecule has 3 amide bonds. The first-order valence-corrected chi connectivity index (χ1v) is 4.71. The van der Waals surface area contributed by atoms with Gasteiger partial charge < -0.3 is 9.47 Å². The van der Waals surface area contributed by atoms with E-state index in [4.69, 9.17) is 0 Å². The first kappa shape index (κ1) is 13.6. The Balaban J connectivity index is 3.22. The molecule has 0 N–H and O–H groups in total. The second-order valence-corrected chi connectivity index (χ2v) is 3.18. The van der Waals surface area contributed by atoms with E-state index in [0.717, 1.165) is 20.3 Å². The van der Waals surface area contributed by atoms with Crippen LogP contribution in [0.3, 0.4) is 0 Å². The molecule has 0 aromatic rings. The van der Waals surface area contributed by atoms with E-state index in [1.165, 1.54) is 7.05 Å². The van der Waals surface area contributed by atoms with Crippen LogP contribution < -0.4 is 0 Å². The molecule has 8 heteroatoms. The largest absolute Gasteiger partial charge is 0.466 e. The van der Waals surface area contributed by atoms with Crippen LogP contribution in [0.1, 0.15) is 0 Å². The summed E-state index contributed by atoms with van der Waals surface area (Å²) in [6.45, 7) is 0. The van der Waals surface area contributed by atoms with Gasteiger partial charge >= 0.3 is 18.0 Å². The fraction of sp³-hybridized carbons (Fsp3) is 0.300. The normalized spacial score (nSPS) is 15.6. The molecule has 0 saturated carbocycles. The quantitative estimate of drug-likeness (QED) is 0.487. The smallest absolute Gasteiger partial charge is 0.351 e. The predicted octanol–water partition coefficient (Wildman–Crippen LogP) is -0.708. The van der Waals surface area contributed by atoms with Gasteiger partial charge in [-0.2, -0.15) is 4.99 Å². The van der Waals surface area contributed by atoms with Crippen LogP contribution in [-0.4, -0.2) is 55.8 Å². The molecular formula is C10H10N2O6. The topological polar surface area (TPSA) is 102 Å². The van der Waals surface area contributed by atoms with E-state index in [-0.39, 0.29) is 0 Å². The van der Waals surface area contributed by atoms with Crippen LogP contribution in [0.25, 0.3) is 0 Å². The number of carbonyl (C=O) groups is 4. The summed E-state index contributed by atoms with van der Waals surface area (Å²) in [7, 11) is 3.37. The summed E-state index contributed by atoms with van der Waals surface area (Å²) in [6, 6.07) is -0.824. The standard InChI is InChI=1S/C10H10N2O6/c1-12-8(14)7(11-10(12)16)5(9(15)18-3)4-6(13)17-2/h4H,1-3H3/b5-4+. The third-order valence-electron chi connectivity index (χ3n) is 2.13. The van der Waals surface area contributed by atoms with Crippen molar-refractivity contribution >= 4 is 29.6 Å². The van der Waals surface area contributed by atoms with Crippen molar-refractivity contribution in [3.63, 3.8) is 0 Å². The summed E-state index contributed by atoms with van der Waals surface area (Å²) >= 11 is 0. The minimum absolute atomic E-state index is 0.424. The summed E-state index contributed by atoms with van der Waals surface area (Å²) in [5.74, 6) is -2.62. The van der Waals surface area contributed by atoms with Gasteiger partial charge in [0.25, 0.3) is 5.91 Å². The van der Waals surface area contributed by atoms with Gasteiger partial charge in [-0.1, -0.05) is 0 Å². The lowest BCUT2D eigenvalue weighted by molar-refractivity contribution is -0.138. The minimum atomic E-state index is -0.962. The maximum Gasteiger partial charge on any atom is 0.351 e. The molecule has 0 radical (unpaired) electrons. The lowest BCUT2D eigenvalue weighted by Gasteiger charge is -2.05. The van der Waals surface area contributed by atoms with E-state index in [9.17, 15) is 19.2 Å². The molecule has 0 fully saturated rings. The number of ether oxygens (including phenoxy) is 2. The molecule has 1 aliphatic heterocycles. The highest BCUT2D eigenvalue weighted by atomic mass is 16.5. The van der Waals surface area contributed by atoms with Gasteiger partial charge in [0, 0.05) is 13.1 Å². The molecule has 96 valence electrons. The van der Waals surface area contributed by atoms with Crippen LogP contribution in [0.15, 0.2) is 16.6 Å². The van der Waals surface area contributed by atoms with Crippen molar-refractivity contribution in [3.05, 3.63) is 11.6 Å². The fourth-order valence-electron chi connectivity index (χ4n) is 1.15. The molecule has 8 nitrogen and oxygen atoms in total. The Hall–Kier alpha value is -2.51. The molecule has 1 rings (SSSR count). The Bertz CT molecular complexity index is 491. The molecule has 0 spiro atoms. The minimum Gasteiger partial charge on any atom is -0.466 e. The van der Waals surface area contributed by atoms with Crippen molar-refractivity contribution in [2.75, 3.05) is 21.3 Å². The van der Waals surface area contributed by atoms with E-state index in [2.05, 4.69) is 14.5 Å². The van der Waals surface area contributed by atoms with Gasteiger partial charge in [-0.25, -0.2) is 14.4 Å². The lowest BCUT2D eigenvalue weighted by Crippen LogP contribution is -2.31. The monoisotopic (exact) mass is 254 g/mol. The number of hydrogen-bond donors (Lipinski definition) is 0. The number of methoxy groups -OCH3 is 2. The van der Waals surface area contributed by atoms with E-state index >= 15 is 0 Å². The van der Waals surface area contributed by atoms with Gasteiger partial charge in [0.2, 0.25) is 0 Å². The van der Waals surface area contributed by atoms with Crippen molar-refractivity contribution in [3.8, 4) is 0 Å². The van der Waals surface area contributed by atoms with Crippen LogP contribution in [-0.2, 0) is 23.9 Å².